The van der Waals surface area contributed by atoms with Crippen LogP contribution in [0.1, 0.15) is 16.7 Å². The second kappa shape index (κ2) is 7.76. The Morgan fingerprint density at radius 2 is 1.76 bits per heavy atom. The minimum absolute atomic E-state index is 0.0289. The van der Waals surface area contributed by atoms with Crippen LogP contribution in [0.4, 0.5) is 0 Å². The molecule has 0 aliphatic heterocycles. The molecule has 0 spiro atoms. The number of carbonyl (C=O) groups excluding carboxylic acids is 1. The van der Waals surface area contributed by atoms with Crippen LogP contribution in [0.2, 0.25) is 0 Å². The average molecular weight is 346 g/mol. The van der Waals surface area contributed by atoms with Crippen molar-refractivity contribution in [3.8, 4) is 0 Å². The summed E-state index contributed by atoms with van der Waals surface area (Å²) in [5, 5.41) is 12.0. The van der Waals surface area contributed by atoms with E-state index in [0.717, 1.165) is 21.2 Å². The first kappa shape index (κ1) is 15.5. The van der Waals surface area contributed by atoms with Gasteiger partial charge in [-0.1, -0.05) is 58.4 Å². The molecular weight excluding hydrogens is 330 g/mol. The minimum Gasteiger partial charge on any atom is -0.392 e. The number of carbonyl (C=O) groups is 1. The maximum Gasteiger partial charge on any atom is 0.244 e. The summed E-state index contributed by atoms with van der Waals surface area (Å²) < 4.78 is 0.944. The third kappa shape index (κ3) is 4.55. The molecule has 0 radical (unpaired) electrons. The van der Waals surface area contributed by atoms with Crippen LogP contribution in [-0.2, 0) is 17.9 Å². The molecule has 108 valence electrons. The van der Waals surface area contributed by atoms with E-state index in [-0.39, 0.29) is 12.5 Å². The largest absolute Gasteiger partial charge is 0.392 e. The molecule has 4 heteroatoms. The standard InChI is InChI=1S/C17H16BrNO2/c18-16-8-4-3-5-13(16)9-10-17(21)19-11-14-6-1-2-7-15(14)12-20/h1-10,20H,11-12H2,(H,19,21)/b10-9+. The maximum absolute atomic E-state index is 11.8. The highest BCUT2D eigenvalue weighted by molar-refractivity contribution is 9.10. The van der Waals surface area contributed by atoms with Gasteiger partial charge in [0.25, 0.3) is 0 Å². The maximum atomic E-state index is 11.8. The normalized spacial score (nSPS) is 10.8. The SMILES string of the molecule is O=C(/C=C/c1ccccc1Br)NCc1ccccc1CO. The predicted molar refractivity (Wildman–Crippen MR) is 87.4 cm³/mol. The molecule has 21 heavy (non-hydrogen) atoms. The van der Waals surface area contributed by atoms with E-state index in [2.05, 4.69) is 21.2 Å². The molecule has 2 aromatic rings. The minimum atomic E-state index is -0.168. The molecule has 0 fully saturated rings. The Labute approximate surface area is 132 Å². The lowest BCUT2D eigenvalue weighted by molar-refractivity contribution is -0.116. The van der Waals surface area contributed by atoms with E-state index >= 15 is 0 Å². The number of amides is 1. The summed E-state index contributed by atoms with van der Waals surface area (Å²) in [6, 6.07) is 15.2. The van der Waals surface area contributed by atoms with Crippen molar-refractivity contribution in [1.82, 2.24) is 5.32 Å². The third-order valence-corrected chi connectivity index (χ3v) is 3.78. The number of benzene rings is 2. The third-order valence-electron chi connectivity index (χ3n) is 3.06. The lowest BCUT2D eigenvalue weighted by Gasteiger charge is -2.07. The Morgan fingerprint density at radius 3 is 2.48 bits per heavy atom. The fourth-order valence-electron chi connectivity index (χ4n) is 1.90. The molecule has 0 unspecified atom stereocenters. The summed E-state index contributed by atoms with van der Waals surface area (Å²) in [5.41, 5.74) is 2.69. The van der Waals surface area contributed by atoms with Gasteiger partial charge in [0.05, 0.1) is 6.61 Å². The lowest BCUT2D eigenvalue weighted by atomic mass is 10.1. The molecule has 0 bridgehead atoms. The molecule has 0 aliphatic rings. The first-order chi connectivity index (χ1) is 10.2. The molecule has 0 saturated heterocycles. The van der Waals surface area contributed by atoms with E-state index < -0.39 is 0 Å². The number of hydrogen-bond acceptors (Lipinski definition) is 2. The highest BCUT2D eigenvalue weighted by atomic mass is 79.9. The summed E-state index contributed by atoms with van der Waals surface area (Å²) in [5.74, 6) is -0.168. The van der Waals surface area contributed by atoms with Gasteiger partial charge >= 0.3 is 0 Å². The van der Waals surface area contributed by atoms with Gasteiger partial charge in [-0.25, -0.2) is 0 Å². The summed E-state index contributed by atoms with van der Waals surface area (Å²) in [4.78, 5) is 11.8. The number of aliphatic hydroxyl groups is 1. The van der Waals surface area contributed by atoms with E-state index in [9.17, 15) is 9.90 Å². The van der Waals surface area contributed by atoms with Crippen LogP contribution in [0.5, 0.6) is 0 Å². The first-order valence-corrected chi connectivity index (χ1v) is 7.38. The van der Waals surface area contributed by atoms with Gasteiger partial charge in [0, 0.05) is 17.1 Å². The summed E-state index contributed by atoms with van der Waals surface area (Å²) in [6.07, 6.45) is 3.26. The van der Waals surface area contributed by atoms with Crippen molar-refractivity contribution in [2.45, 2.75) is 13.2 Å². The Balaban J connectivity index is 1.95. The van der Waals surface area contributed by atoms with Crippen LogP contribution in [0.15, 0.2) is 59.1 Å². The van der Waals surface area contributed by atoms with Gasteiger partial charge in [-0.3, -0.25) is 4.79 Å². The molecule has 1 amide bonds. The van der Waals surface area contributed by atoms with Crippen LogP contribution in [0.25, 0.3) is 6.08 Å². The quantitative estimate of drug-likeness (QED) is 0.817. The predicted octanol–water partition coefficient (Wildman–Crippen LogP) is 3.27. The van der Waals surface area contributed by atoms with Crippen molar-refractivity contribution in [3.05, 3.63) is 75.8 Å². The molecule has 0 saturated carbocycles. The van der Waals surface area contributed by atoms with Crippen molar-refractivity contribution in [1.29, 1.82) is 0 Å². The number of aliphatic hydroxyl groups excluding tert-OH is 1. The molecule has 2 rings (SSSR count). The second-order valence-electron chi connectivity index (χ2n) is 4.50. The van der Waals surface area contributed by atoms with E-state index in [1.54, 1.807) is 6.08 Å². The van der Waals surface area contributed by atoms with Crippen molar-refractivity contribution in [2.24, 2.45) is 0 Å². The first-order valence-electron chi connectivity index (χ1n) is 6.59. The highest BCUT2D eigenvalue weighted by Crippen LogP contribution is 2.17. The van der Waals surface area contributed by atoms with Gasteiger partial charge in [0.1, 0.15) is 0 Å². The molecule has 0 heterocycles. The van der Waals surface area contributed by atoms with E-state index in [1.807, 2.05) is 48.5 Å². The van der Waals surface area contributed by atoms with Gasteiger partial charge in [-0.05, 0) is 28.8 Å². The summed E-state index contributed by atoms with van der Waals surface area (Å²) in [6.45, 7) is 0.370. The topological polar surface area (TPSA) is 49.3 Å². The van der Waals surface area contributed by atoms with Gasteiger partial charge in [0.2, 0.25) is 5.91 Å². The number of rotatable bonds is 5. The van der Waals surface area contributed by atoms with Crippen molar-refractivity contribution in [2.75, 3.05) is 0 Å². The van der Waals surface area contributed by atoms with E-state index in [4.69, 9.17) is 0 Å². The van der Waals surface area contributed by atoms with Crippen LogP contribution in [0.3, 0.4) is 0 Å². The lowest BCUT2D eigenvalue weighted by Crippen LogP contribution is -2.21. The summed E-state index contributed by atoms with van der Waals surface area (Å²) in [7, 11) is 0. The van der Waals surface area contributed by atoms with Crippen LogP contribution in [-0.4, -0.2) is 11.0 Å². The van der Waals surface area contributed by atoms with Crippen molar-refractivity contribution < 1.29 is 9.90 Å². The molecule has 0 atom stereocenters. The number of hydrogen-bond donors (Lipinski definition) is 2. The van der Waals surface area contributed by atoms with Crippen LogP contribution in [0, 0.1) is 0 Å². The molecule has 2 aromatic carbocycles. The molecule has 0 aromatic heterocycles. The molecule has 0 aliphatic carbocycles. The molecule has 3 nitrogen and oxygen atoms in total. The number of nitrogens with one attached hydrogen (secondary N) is 1. The van der Waals surface area contributed by atoms with Gasteiger partial charge in [-0.2, -0.15) is 0 Å². The van der Waals surface area contributed by atoms with Gasteiger partial charge in [0.15, 0.2) is 0 Å². The van der Waals surface area contributed by atoms with Crippen molar-refractivity contribution in [3.63, 3.8) is 0 Å². The zero-order valence-corrected chi connectivity index (χ0v) is 13.0. The smallest absolute Gasteiger partial charge is 0.244 e. The molecular formula is C17H16BrNO2. The van der Waals surface area contributed by atoms with Crippen molar-refractivity contribution >= 4 is 27.9 Å². The van der Waals surface area contributed by atoms with Crippen LogP contribution >= 0.6 is 15.9 Å². The zero-order valence-electron chi connectivity index (χ0n) is 11.4. The zero-order chi connectivity index (χ0) is 15.1. The van der Waals surface area contributed by atoms with E-state index in [1.165, 1.54) is 6.08 Å². The fraction of sp³-hybridized carbons (Fsp3) is 0.118. The highest BCUT2D eigenvalue weighted by Gasteiger charge is 2.02. The Bertz CT molecular complexity index is 653. The van der Waals surface area contributed by atoms with Crippen LogP contribution < -0.4 is 5.32 Å². The average Bonchev–Trinajstić information content (AvgIpc) is 2.52. The number of halogens is 1. The Morgan fingerprint density at radius 1 is 1.10 bits per heavy atom. The van der Waals surface area contributed by atoms with Gasteiger partial charge in [-0.15, -0.1) is 0 Å². The van der Waals surface area contributed by atoms with E-state index in [0.29, 0.717) is 6.54 Å². The Hall–Kier alpha value is -1.91. The molecule has 2 N–H and O–H groups in total. The second-order valence-corrected chi connectivity index (χ2v) is 5.35. The van der Waals surface area contributed by atoms with Gasteiger partial charge < -0.3 is 10.4 Å². The Kier molecular flexibility index (Phi) is 5.72. The fourth-order valence-corrected chi connectivity index (χ4v) is 2.32. The summed E-state index contributed by atoms with van der Waals surface area (Å²) >= 11 is 3.43. The monoisotopic (exact) mass is 345 g/mol.